The van der Waals surface area contributed by atoms with Crippen molar-refractivity contribution >= 4 is 5.91 Å². The van der Waals surface area contributed by atoms with Crippen LogP contribution in [0.15, 0.2) is 36.7 Å². The van der Waals surface area contributed by atoms with E-state index in [-0.39, 0.29) is 5.91 Å². The maximum atomic E-state index is 11.7. The fourth-order valence-electron chi connectivity index (χ4n) is 2.12. The van der Waals surface area contributed by atoms with E-state index in [1.54, 1.807) is 12.2 Å². The van der Waals surface area contributed by atoms with Crippen molar-refractivity contribution in [2.75, 3.05) is 26.2 Å². The Labute approximate surface area is 108 Å². The van der Waals surface area contributed by atoms with E-state index in [0.29, 0.717) is 0 Å². The Kier molecular flexibility index (Phi) is 4.47. The lowest BCUT2D eigenvalue weighted by Gasteiger charge is -2.34. The molecule has 4 nitrogen and oxygen atoms in total. The first kappa shape index (κ1) is 12.8. The second kappa shape index (κ2) is 6.31. The topological polar surface area (TPSA) is 36.4 Å². The molecule has 1 aromatic heterocycles. The number of piperazine rings is 1. The number of carbonyl (C=O) groups is 1. The summed E-state index contributed by atoms with van der Waals surface area (Å²) in [6, 6.07) is 4.08. The molecule has 1 amide bonds. The maximum Gasteiger partial charge on any atom is 0.246 e. The molecule has 18 heavy (non-hydrogen) atoms. The Morgan fingerprint density at radius 2 is 1.94 bits per heavy atom. The van der Waals surface area contributed by atoms with Crippen LogP contribution in [-0.2, 0) is 11.3 Å². The fraction of sp³-hybridized carbons (Fsp3) is 0.429. The van der Waals surface area contributed by atoms with Crippen LogP contribution in [0, 0.1) is 0 Å². The average molecular weight is 245 g/mol. The Hall–Kier alpha value is -1.68. The molecule has 4 heteroatoms. The van der Waals surface area contributed by atoms with Gasteiger partial charge in [0, 0.05) is 45.1 Å². The van der Waals surface area contributed by atoms with Gasteiger partial charge < -0.3 is 4.90 Å². The van der Waals surface area contributed by atoms with Crippen LogP contribution in [0.1, 0.15) is 12.5 Å². The van der Waals surface area contributed by atoms with Crippen molar-refractivity contribution in [1.82, 2.24) is 14.8 Å². The summed E-state index contributed by atoms with van der Waals surface area (Å²) < 4.78 is 0. The summed E-state index contributed by atoms with van der Waals surface area (Å²) in [5.74, 6) is 0.126. The Bertz CT molecular complexity index is 408. The van der Waals surface area contributed by atoms with Crippen LogP contribution in [0.25, 0.3) is 0 Å². The molecular formula is C14H19N3O. The van der Waals surface area contributed by atoms with Crippen LogP contribution in [0.3, 0.4) is 0 Å². The zero-order valence-electron chi connectivity index (χ0n) is 10.7. The van der Waals surface area contributed by atoms with E-state index in [1.807, 2.05) is 36.4 Å². The lowest BCUT2D eigenvalue weighted by Crippen LogP contribution is -2.47. The zero-order chi connectivity index (χ0) is 12.8. The Morgan fingerprint density at radius 3 is 2.56 bits per heavy atom. The summed E-state index contributed by atoms with van der Waals surface area (Å²) in [5, 5.41) is 0. The second-order valence-electron chi connectivity index (χ2n) is 4.46. The van der Waals surface area contributed by atoms with Crippen molar-refractivity contribution in [1.29, 1.82) is 0 Å². The highest BCUT2D eigenvalue weighted by Crippen LogP contribution is 2.08. The number of hydrogen-bond acceptors (Lipinski definition) is 3. The molecule has 0 spiro atoms. The minimum Gasteiger partial charge on any atom is -0.337 e. The van der Waals surface area contributed by atoms with Gasteiger partial charge in [0.05, 0.1) is 0 Å². The molecular weight excluding hydrogens is 226 g/mol. The number of allylic oxidation sites excluding steroid dienone is 1. The Morgan fingerprint density at radius 1 is 1.28 bits per heavy atom. The first-order valence-corrected chi connectivity index (χ1v) is 6.32. The largest absolute Gasteiger partial charge is 0.337 e. The molecule has 0 atom stereocenters. The minimum atomic E-state index is 0.126. The van der Waals surface area contributed by atoms with Crippen LogP contribution in [0.4, 0.5) is 0 Å². The number of hydrogen-bond donors (Lipinski definition) is 0. The van der Waals surface area contributed by atoms with Crippen molar-refractivity contribution in [2.24, 2.45) is 0 Å². The third-order valence-electron chi connectivity index (χ3n) is 3.15. The molecule has 1 aliphatic heterocycles. The molecule has 0 bridgehead atoms. The van der Waals surface area contributed by atoms with Gasteiger partial charge in [-0.3, -0.25) is 14.7 Å². The van der Waals surface area contributed by atoms with E-state index in [0.717, 1.165) is 32.7 Å². The molecule has 1 fully saturated rings. The molecule has 0 aromatic carbocycles. The molecule has 2 heterocycles. The van der Waals surface area contributed by atoms with Gasteiger partial charge in [-0.2, -0.15) is 0 Å². The first-order valence-electron chi connectivity index (χ1n) is 6.32. The minimum absolute atomic E-state index is 0.126. The van der Waals surface area contributed by atoms with Crippen LogP contribution in [0.2, 0.25) is 0 Å². The monoisotopic (exact) mass is 245 g/mol. The first-order chi connectivity index (χ1) is 8.79. The average Bonchev–Trinajstić information content (AvgIpc) is 2.41. The third kappa shape index (κ3) is 3.40. The molecule has 1 aliphatic rings. The molecule has 0 N–H and O–H groups in total. The van der Waals surface area contributed by atoms with E-state index >= 15 is 0 Å². The maximum absolute atomic E-state index is 11.7. The highest BCUT2D eigenvalue weighted by atomic mass is 16.2. The molecule has 1 aromatic rings. The smallest absolute Gasteiger partial charge is 0.246 e. The van der Waals surface area contributed by atoms with E-state index in [9.17, 15) is 4.79 Å². The van der Waals surface area contributed by atoms with Crippen LogP contribution in [0.5, 0.6) is 0 Å². The molecule has 0 radical (unpaired) electrons. The second-order valence-corrected chi connectivity index (χ2v) is 4.46. The van der Waals surface area contributed by atoms with E-state index < -0.39 is 0 Å². The highest BCUT2D eigenvalue weighted by Gasteiger charge is 2.19. The van der Waals surface area contributed by atoms with E-state index in [1.165, 1.54) is 5.56 Å². The predicted molar refractivity (Wildman–Crippen MR) is 70.9 cm³/mol. The van der Waals surface area contributed by atoms with Gasteiger partial charge in [-0.25, -0.2) is 0 Å². The van der Waals surface area contributed by atoms with Crippen LogP contribution >= 0.6 is 0 Å². The normalized spacial score (nSPS) is 17.3. The van der Waals surface area contributed by atoms with Gasteiger partial charge in [-0.1, -0.05) is 6.08 Å². The number of amides is 1. The summed E-state index contributed by atoms with van der Waals surface area (Å²) in [7, 11) is 0. The summed E-state index contributed by atoms with van der Waals surface area (Å²) in [5.41, 5.74) is 1.28. The van der Waals surface area contributed by atoms with Gasteiger partial charge in [-0.05, 0) is 30.7 Å². The molecule has 0 saturated carbocycles. The van der Waals surface area contributed by atoms with Gasteiger partial charge in [0.15, 0.2) is 0 Å². The molecule has 1 saturated heterocycles. The summed E-state index contributed by atoms with van der Waals surface area (Å²) >= 11 is 0. The molecule has 0 unspecified atom stereocenters. The number of aromatic nitrogens is 1. The summed E-state index contributed by atoms with van der Waals surface area (Å²) in [6.45, 7) is 6.31. The van der Waals surface area contributed by atoms with E-state index in [4.69, 9.17) is 0 Å². The van der Waals surface area contributed by atoms with Crippen LogP contribution < -0.4 is 0 Å². The van der Waals surface area contributed by atoms with Gasteiger partial charge in [0.2, 0.25) is 5.91 Å². The molecule has 0 aliphatic carbocycles. The van der Waals surface area contributed by atoms with Crippen LogP contribution in [-0.4, -0.2) is 46.9 Å². The quantitative estimate of drug-likeness (QED) is 0.753. The number of rotatable bonds is 3. The summed E-state index contributed by atoms with van der Waals surface area (Å²) in [4.78, 5) is 20.0. The van der Waals surface area contributed by atoms with Gasteiger partial charge in [0.1, 0.15) is 0 Å². The van der Waals surface area contributed by atoms with Crippen molar-refractivity contribution in [3.63, 3.8) is 0 Å². The molecule has 2 rings (SSSR count). The number of carbonyl (C=O) groups excluding carboxylic acids is 1. The third-order valence-corrected chi connectivity index (χ3v) is 3.15. The predicted octanol–water partition coefficient (Wildman–Crippen LogP) is 1.30. The lowest BCUT2D eigenvalue weighted by molar-refractivity contribution is -0.127. The number of pyridine rings is 1. The van der Waals surface area contributed by atoms with Gasteiger partial charge >= 0.3 is 0 Å². The zero-order valence-corrected chi connectivity index (χ0v) is 10.7. The lowest BCUT2D eigenvalue weighted by atomic mass is 10.2. The SMILES string of the molecule is CC=CC(=O)N1CCN(Cc2ccncc2)CC1. The standard InChI is InChI=1S/C14H19N3O/c1-2-3-14(18)17-10-8-16(9-11-17)12-13-4-6-15-7-5-13/h2-7H,8-12H2,1H3. The van der Waals surface area contributed by atoms with Crippen molar-refractivity contribution < 1.29 is 4.79 Å². The Balaban J connectivity index is 1.82. The van der Waals surface area contributed by atoms with Gasteiger partial charge in [0.25, 0.3) is 0 Å². The highest BCUT2D eigenvalue weighted by molar-refractivity contribution is 5.87. The summed E-state index contributed by atoms with van der Waals surface area (Å²) in [6.07, 6.45) is 7.08. The number of nitrogens with zero attached hydrogens (tertiary/aromatic N) is 3. The fourth-order valence-corrected chi connectivity index (χ4v) is 2.12. The van der Waals surface area contributed by atoms with Crippen molar-refractivity contribution in [2.45, 2.75) is 13.5 Å². The van der Waals surface area contributed by atoms with Gasteiger partial charge in [-0.15, -0.1) is 0 Å². The van der Waals surface area contributed by atoms with E-state index in [2.05, 4.69) is 9.88 Å². The van der Waals surface area contributed by atoms with Crippen molar-refractivity contribution in [3.05, 3.63) is 42.2 Å². The molecule has 96 valence electrons. The van der Waals surface area contributed by atoms with Crippen molar-refractivity contribution in [3.8, 4) is 0 Å².